The van der Waals surface area contributed by atoms with Crippen LogP contribution in [0.1, 0.15) is 32.3 Å². The molecule has 0 heterocycles. The van der Waals surface area contributed by atoms with Crippen LogP contribution in [-0.2, 0) is 11.3 Å². The molecule has 1 rings (SSSR count). The van der Waals surface area contributed by atoms with Crippen molar-refractivity contribution in [1.82, 2.24) is 10.6 Å². The number of nitrogens with one attached hydrogen (secondary N) is 2. The number of ether oxygens (including phenoxy) is 1. The highest BCUT2D eigenvalue weighted by Crippen LogP contribution is 2.22. The van der Waals surface area contributed by atoms with Gasteiger partial charge in [0.25, 0.3) is 0 Å². The fraction of sp³-hybridized carbons (Fsp3) is 0.533. The third-order valence-corrected chi connectivity index (χ3v) is 2.74. The molecular formula is C15H23FN2O2. The third kappa shape index (κ3) is 5.57. The number of carbonyl (C=O) groups excluding carboxylic acids is 1. The second-order valence-corrected chi connectivity index (χ2v) is 4.46. The molecule has 0 spiro atoms. The van der Waals surface area contributed by atoms with Gasteiger partial charge in [-0.15, -0.1) is 0 Å². The van der Waals surface area contributed by atoms with Gasteiger partial charge in [-0.2, -0.15) is 0 Å². The molecule has 1 aromatic carbocycles. The van der Waals surface area contributed by atoms with Crippen molar-refractivity contribution >= 4 is 5.91 Å². The van der Waals surface area contributed by atoms with Crippen molar-refractivity contribution < 1.29 is 13.9 Å². The summed E-state index contributed by atoms with van der Waals surface area (Å²) in [6.45, 7) is 6.12. The molecule has 0 aliphatic heterocycles. The second kappa shape index (κ2) is 9.31. The quantitative estimate of drug-likeness (QED) is 0.683. The molecule has 2 N–H and O–H groups in total. The minimum atomic E-state index is -0.392. The predicted molar refractivity (Wildman–Crippen MR) is 77.2 cm³/mol. The van der Waals surface area contributed by atoms with Gasteiger partial charge in [0.05, 0.1) is 13.0 Å². The number of rotatable bonds is 9. The van der Waals surface area contributed by atoms with E-state index in [4.69, 9.17) is 4.74 Å². The van der Waals surface area contributed by atoms with Crippen molar-refractivity contribution in [3.8, 4) is 5.75 Å². The molecule has 0 radical (unpaired) electrons. The van der Waals surface area contributed by atoms with Crippen LogP contribution < -0.4 is 15.4 Å². The molecule has 0 aliphatic carbocycles. The van der Waals surface area contributed by atoms with E-state index in [9.17, 15) is 9.18 Å². The van der Waals surface area contributed by atoms with Crippen LogP contribution in [0.3, 0.4) is 0 Å². The van der Waals surface area contributed by atoms with E-state index in [2.05, 4.69) is 17.6 Å². The highest BCUT2D eigenvalue weighted by Gasteiger charge is 2.10. The first kappa shape index (κ1) is 16.4. The number of benzene rings is 1. The second-order valence-electron chi connectivity index (χ2n) is 4.46. The van der Waals surface area contributed by atoms with Crippen molar-refractivity contribution in [2.75, 3.05) is 19.7 Å². The maximum absolute atomic E-state index is 13.8. The van der Waals surface area contributed by atoms with Crippen LogP contribution in [0, 0.1) is 5.82 Å². The summed E-state index contributed by atoms with van der Waals surface area (Å²) in [5, 5.41) is 5.89. The molecule has 0 fully saturated rings. The highest BCUT2D eigenvalue weighted by molar-refractivity contribution is 5.75. The summed E-state index contributed by atoms with van der Waals surface area (Å²) in [4.78, 5) is 11.3. The summed E-state index contributed by atoms with van der Waals surface area (Å²) in [5.74, 6) is -0.244. The SMILES string of the molecule is CCCNCc1cccc(F)c1OCCC(=O)NCC. The van der Waals surface area contributed by atoms with E-state index < -0.39 is 5.82 Å². The van der Waals surface area contributed by atoms with E-state index in [0.717, 1.165) is 18.5 Å². The van der Waals surface area contributed by atoms with Crippen molar-refractivity contribution in [2.45, 2.75) is 33.2 Å². The van der Waals surface area contributed by atoms with Gasteiger partial charge in [0.15, 0.2) is 11.6 Å². The van der Waals surface area contributed by atoms with Gasteiger partial charge in [0.1, 0.15) is 0 Å². The summed E-state index contributed by atoms with van der Waals surface area (Å²) in [6.07, 6.45) is 1.24. The monoisotopic (exact) mass is 282 g/mol. The first-order valence-electron chi connectivity index (χ1n) is 7.06. The Morgan fingerprint density at radius 3 is 2.85 bits per heavy atom. The summed E-state index contributed by atoms with van der Waals surface area (Å²) in [6, 6.07) is 4.85. The molecular weight excluding hydrogens is 259 g/mol. The number of hydrogen-bond acceptors (Lipinski definition) is 3. The van der Waals surface area contributed by atoms with Gasteiger partial charge in [-0.25, -0.2) is 4.39 Å². The Bertz CT molecular complexity index is 424. The van der Waals surface area contributed by atoms with Crippen LogP contribution >= 0.6 is 0 Å². The van der Waals surface area contributed by atoms with Gasteiger partial charge in [0, 0.05) is 18.7 Å². The molecule has 20 heavy (non-hydrogen) atoms. The third-order valence-electron chi connectivity index (χ3n) is 2.74. The van der Waals surface area contributed by atoms with Gasteiger partial charge in [-0.3, -0.25) is 4.79 Å². The molecule has 0 bridgehead atoms. The van der Waals surface area contributed by atoms with E-state index >= 15 is 0 Å². The predicted octanol–water partition coefficient (Wildman–Crippen LogP) is 2.23. The Morgan fingerprint density at radius 2 is 2.15 bits per heavy atom. The molecule has 1 amide bonds. The molecule has 0 unspecified atom stereocenters. The summed E-state index contributed by atoms with van der Waals surface area (Å²) in [7, 11) is 0. The zero-order valence-corrected chi connectivity index (χ0v) is 12.2. The van der Waals surface area contributed by atoms with Crippen LogP contribution in [0.2, 0.25) is 0 Å². The molecule has 0 aromatic heterocycles. The van der Waals surface area contributed by atoms with E-state index in [1.54, 1.807) is 6.07 Å². The lowest BCUT2D eigenvalue weighted by Gasteiger charge is -2.13. The summed E-state index contributed by atoms with van der Waals surface area (Å²) >= 11 is 0. The molecule has 0 atom stereocenters. The van der Waals surface area contributed by atoms with Crippen molar-refractivity contribution in [2.24, 2.45) is 0 Å². The highest BCUT2D eigenvalue weighted by atomic mass is 19.1. The number of carbonyl (C=O) groups is 1. The van der Waals surface area contributed by atoms with Gasteiger partial charge >= 0.3 is 0 Å². The Labute approximate surface area is 119 Å². The summed E-state index contributed by atoms with van der Waals surface area (Å²) in [5.41, 5.74) is 0.773. The van der Waals surface area contributed by atoms with Crippen LogP contribution in [0.25, 0.3) is 0 Å². The van der Waals surface area contributed by atoms with E-state index in [-0.39, 0.29) is 24.7 Å². The van der Waals surface area contributed by atoms with Crippen LogP contribution in [0.15, 0.2) is 18.2 Å². The normalized spacial score (nSPS) is 10.3. The Balaban J connectivity index is 2.56. The van der Waals surface area contributed by atoms with Crippen LogP contribution in [0.4, 0.5) is 4.39 Å². The van der Waals surface area contributed by atoms with Crippen LogP contribution in [0.5, 0.6) is 5.75 Å². The topological polar surface area (TPSA) is 50.4 Å². The van der Waals surface area contributed by atoms with Gasteiger partial charge in [-0.1, -0.05) is 19.1 Å². The first-order chi connectivity index (χ1) is 9.69. The van der Waals surface area contributed by atoms with E-state index in [0.29, 0.717) is 13.1 Å². The standard InChI is InChI=1S/C15H23FN2O2/c1-3-9-17-11-12-6-5-7-13(16)15(12)20-10-8-14(19)18-4-2/h5-7,17H,3-4,8-11H2,1-2H3,(H,18,19). The lowest BCUT2D eigenvalue weighted by atomic mass is 10.2. The molecule has 1 aromatic rings. The van der Waals surface area contributed by atoms with Crippen molar-refractivity contribution in [3.63, 3.8) is 0 Å². The van der Waals surface area contributed by atoms with Gasteiger partial charge in [-0.05, 0) is 26.0 Å². The maximum atomic E-state index is 13.8. The van der Waals surface area contributed by atoms with Crippen molar-refractivity contribution in [1.29, 1.82) is 0 Å². The first-order valence-corrected chi connectivity index (χ1v) is 7.06. The molecule has 0 aliphatic rings. The average molecular weight is 282 g/mol. The number of amides is 1. The minimum Gasteiger partial charge on any atom is -0.490 e. The maximum Gasteiger partial charge on any atom is 0.223 e. The molecule has 5 heteroatoms. The van der Waals surface area contributed by atoms with Crippen molar-refractivity contribution in [3.05, 3.63) is 29.6 Å². The number of para-hydroxylation sites is 1. The number of halogens is 1. The molecule has 0 saturated carbocycles. The smallest absolute Gasteiger partial charge is 0.223 e. The fourth-order valence-corrected chi connectivity index (χ4v) is 1.79. The zero-order chi connectivity index (χ0) is 14.8. The Hall–Kier alpha value is -1.62. The number of hydrogen-bond donors (Lipinski definition) is 2. The van der Waals surface area contributed by atoms with E-state index in [1.165, 1.54) is 6.07 Å². The van der Waals surface area contributed by atoms with Gasteiger partial charge in [0.2, 0.25) is 5.91 Å². The summed E-state index contributed by atoms with van der Waals surface area (Å²) < 4.78 is 19.2. The van der Waals surface area contributed by atoms with Gasteiger partial charge < -0.3 is 15.4 Å². The zero-order valence-electron chi connectivity index (χ0n) is 12.2. The van der Waals surface area contributed by atoms with E-state index in [1.807, 2.05) is 13.0 Å². The molecule has 4 nitrogen and oxygen atoms in total. The Morgan fingerprint density at radius 1 is 1.35 bits per heavy atom. The Kier molecular flexibility index (Phi) is 7.65. The lowest BCUT2D eigenvalue weighted by molar-refractivity contribution is -0.121. The minimum absolute atomic E-state index is 0.0884. The van der Waals surface area contributed by atoms with Crippen LogP contribution in [-0.4, -0.2) is 25.6 Å². The largest absolute Gasteiger partial charge is 0.490 e. The average Bonchev–Trinajstić information content (AvgIpc) is 2.42. The molecule has 112 valence electrons. The fourth-order valence-electron chi connectivity index (χ4n) is 1.79. The lowest BCUT2D eigenvalue weighted by Crippen LogP contribution is -2.24. The molecule has 0 saturated heterocycles.